The third-order valence-electron chi connectivity index (χ3n) is 4.77. The maximum atomic E-state index is 4.97. The fourth-order valence-electron chi connectivity index (χ4n) is 3.07. The normalized spacial score (nSPS) is 15.5. The molecule has 6 nitrogen and oxygen atoms in total. The van der Waals surface area contributed by atoms with Gasteiger partial charge in [0.2, 0.25) is 5.13 Å². The molecule has 0 aliphatic carbocycles. The SMILES string of the molecule is CCNC(=NCC(C)(C)c1cccs1)N1CCN(c2nc(CC)ns2)CC1.I. The molecular formula is C19H31IN6S2. The Balaban J connectivity index is 0.00000280. The number of guanidine groups is 1. The molecule has 1 saturated heterocycles. The van der Waals surface area contributed by atoms with Crippen molar-refractivity contribution < 1.29 is 0 Å². The van der Waals surface area contributed by atoms with E-state index < -0.39 is 0 Å². The minimum Gasteiger partial charge on any atom is -0.357 e. The lowest BCUT2D eigenvalue weighted by Gasteiger charge is -2.36. The van der Waals surface area contributed by atoms with Crippen LogP contribution in [0.25, 0.3) is 0 Å². The molecule has 3 rings (SSSR count). The van der Waals surface area contributed by atoms with E-state index in [1.165, 1.54) is 16.4 Å². The van der Waals surface area contributed by atoms with E-state index in [4.69, 9.17) is 4.99 Å². The summed E-state index contributed by atoms with van der Waals surface area (Å²) in [5.41, 5.74) is 0.0553. The Morgan fingerprint density at radius 3 is 2.57 bits per heavy atom. The summed E-state index contributed by atoms with van der Waals surface area (Å²) in [6, 6.07) is 4.33. The third kappa shape index (κ3) is 5.79. The predicted molar refractivity (Wildman–Crippen MR) is 132 cm³/mol. The van der Waals surface area contributed by atoms with Crippen molar-refractivity contribution >= 4 is 57.9 Å². The zero-order chi connectivity index (χ0) is 19.3. The van der Waals surface area contributed by atoms with Crippen molar-refractivity contribution in [1.29, 1.82) is 0 Å². The number of piperazine rings is 1. The summed E-state index contributed by atoms with van der Waals surface area (Å²) in [5.74, 6) is 1.97. The Morgan fingerprint density at radius 2 is 2.00 bits per heavy atom. The van der Waals surface area contributed by atoms with Gasteiger partial charge in [0.25, 0.3) is 0 Å². The molecule has 1 fully saturated rings. The number of aryl methyl sites for hydroxylation is 1. The summed E-state index contributed by atoms with van der Waals surface area (Å²) in [5, 5.41) is 6.66. The maximum absolute atomic E-state index is 4.97. The van der Waals surface area contributed by atoms with Crippen LogP contribution in [-0.2, 0) is 11.8 Å². The molecule has 1 N–H and O–H groups in total. The van der Waals surface area contributed by atoms with E-state index in [-0.39, 0.29) is 29.4 Å². The van der Waals surface area contributed by atoms with Gasteiger partial charge in [0.05, 0.1) is 6.54 Å². The molecule has 1 aliphatic heterocycles. The Morgan fingerprint density at radius 1 is 1.25 bits per heavy atom. The first-order valence-electron chi connectivity index (χ1n) is 9.68. The standard InChI is InChI=1S/C19H30N6S2.HI/c1-5-16-22-18(27-23-16)25-11-9-24(10-12-25)17(20-6-2)21-14-19(3,4)15-8-7-13-26-15;/h7-8,13H,5-6,9-12,14H2,1-4H3,(H,20,21);1H. The lowest BCUT2D eigenvalue weighted by atomic mass is 9.92. The van der Waals surface area contributed by atoms with Crippen LogP contribution in [0.4, 0.5) is 5.13 Å². The first-order chi connectivity index (χ1) is 13.0. The van der Waals surface area contributed by atoms with E-state index in [1.807, 2.05) is 11.3 Å². The number of anilines is 1. The number of thiophene rings is 1. The van der Waals surface area contributed by atoms with Gasteiger partial charge in [0.15, 0.2) is 5.96 Å². The molecule has 0 atom stereocenters. The van der Waals surface area contributed by atoms with Gasteiger partial charge in [-0.3, -0.25) is 4.99 Å². The van der Waals surface area contributed by atoms with Gasteiger partial charge < -0.3 is 15.1 Å². The number of aromatic nitrogens is 2. The van der Waals surface area contributed by atoms with E-state index in [9.17, 15) is 0 Å². The highest BCUT2D eigenvalue weighted by molar-refractivity contribution is 14.0. The average Bonchev–Trinajstić information content (AvgIpc) is 3.37. The van der Waals surface area contributed by atoms with Crippen LogP contribution in [0.3, 0.4) is 0 Å². The number of hydrogen-bond donors (Lipinski definition) is 1. The molecule has 0 saturated carbocycles. The van der Waals surface area contributed by atoms with Gasteiger partial charge in [0, 0.05) is 61.0 Å². The van der Waals surface area contributed by atoms with Gasteiger partial charge in [-0.25, -0.2) is 4.98 Å². The predicted octanol–water partition coefficient (Wildman–Crippen LogP) is 3.85. The molecular weight excluding hydrogens is 503 g/mol. The second kappa shape index (κ2) is 10.7. The fraction of sp³-hybridized carbons (Fsp3) is 0.632. The van der Waals surface area contributed by atoms with Crippen LogP contribution < -0.4 is 10.2 Å². The van der Waals surface area contributed by atoms with Gasteiger partial charge >= 0.3 is 0 Å². The highest BCUT2D eigenvalue weighted by atomic mass is 127. The maximum Gasteiger partial charge on any atom is 0.205 e. The highest BCUT2D eigenvalue weighted by Gasteiger charge is 2.25. The number of hydrogen-bond acceptors (Lipinski definition) is 6. The Labute approximate surface area is 193 Å². The van der Waals surface area contributed by atoms with Crippen molar-refractivity contribution in [2.75, 3.05) is 44.2 Å². The lowest BCUT2D eigenvalue weighted by Crippen LogP contribution is -2.52. The molecule has 2 aromatic heterocycles. The van der Waals surface area contributed by atoms with E-state index in [0.717, 1.165) is 62.6 Å². The number of aliphatic imine (C=N–C) groups is 1. The van der Waals surface area contributed by atoms with Crippen LogP contribution in [0, 0.1) is 0 Å². The van der Waals surface area contributed by atoms with Gasteiger partial charge in [-0.1, -0.05) is 26.8 Å². The van der Waals surface area contributed by atoms with Gasteiger partial charge in [-0.2, -0.15) is 4.37 Å². The Hall–Kier alpha value is -0.940. The minimum absolute atomic E-state index is 0. The number of nitrogens with zero attached hydrogens (tertiary/aromatic N) is 5. The molecule has 28 heavy (non-hydrogen) atoms. The average molecular weight is 535 g/mol. The second-order valence-corrected chi connectivity index (χ2v) is 9.03. The fourth-order valence-corrected chi connectivity index (χ4v) is 4.71. The summed E-state index contributed by atoms with van der Waals surface area (Å²) >= 11 is 3.32. The van der Waals surface area contributed by atoms with E-state index in [1.54, 1.807) is 0 Å². The topological polar surface area (TPSA) is 56.7 Å². The Bertz CT molecular complexity index is 735. The molecule has 0 bridgehead atoms. The van der Waals surface area contributed by atoms with Gasteiger partial charge in [0.1, 0.15) is 5.82 Å². The molecule has 3 heterocycles. The molecule has 156 valence electrons. The van der Waals surface area contributed by atoms with Crippen molar-refractivity contribution in [1.82, 2.24) is 19.6 Å². The van der Waals surface area contributed by atoms with Crippen molar-refractivity contribution in [3.8, 4) is 0 Å². The van der Waals surface area contributed by atoms with Gasteiger partial charge in [-0.15, -0.1) is 35.3 Å². The van der Waals surface area contributed by atoms with E-state index in [0.29, 0.717) is 0 Å². The van der Waals surface area contributed by atoms with Crippen LogP contribution in [0.2, 0.25) is 0 Å². The van der Waals surface area contributed by atoms with E-state index >= 15 is 0 Å². The number of nitrogens with one attached hydrogen (secondary N) is 1. The zero-order valence-corrected chi connectivity index (χ0v) is 21.1. The molecule has 0 unspecified atom stereocenters. The highest BCUT2D eigenvalue weighted by Crippen LogP contribution is 2.27. The third-order valence-corrected chi connectivity index (χ3v) is 6.82. The van der Waals surface area contributed by atoms with E-state index in [2.05, 4.69) is 69.7 Å². The molecule has 0 amide bonds. The number of halogens is 1. The van der Waals surface area contributed by atoms with Crippen molar-refractivity contribution in [3.63, 3.8) is 0 Å². The van der Waals surface area contributed by atoms with Gasteiger partial charge in [-0.05, 0) is 18.4 Å². The molecule has 0 radical (unpaired) electrons. The second-order valence-electron chi connectivity index (χ2n) is 7.35. The molecule has 0 aromatic carbocycles. The zero-order valence-electron chi connectivity index (χ0n) is 17.1. The molecule has 1 aliphatic rings. The summed E-state index contributed by atoms with van der Waals surface area (Å²) in [6.07, 6.45) is 0.897. The summed E-state index contributed by atoms with van der Waals surface area (Å²) in [7, 11) is 0. The Kier molecular flexibility index (Phi) is 8.94. The summed E-state index contributed by atoms with van der Waals surface area (Å²) in [6.45, 7) is 14.2. The minimum atomic E-state index is 0. The van der Waals surface area contributed by atoms with Crippen molar-refractivity contribution in [2.24, 2.45) is 4.99 Å². The molecule has 9 heteroatoms. The van der Waals surface area contributed by atoms with Crippen LogP contribution in [0.15, 0.2) is 22.5 Å². The van der Waals surface area contributed by atoms with Crippen LogP contribution in [-0.4, -0.2) is 59.5 Å². The monoisotopic (exact) mass is 534 g/mol. The molecule has 0 spiro atoms. The largest absolute Gasteiger partial charge is 0.357 e. The first kappa shape index (κ1) is 23.3. The first-order valence-corrected chi connectivity index (χ1v) is 11.3. The smallest absolute Gasteiger partial charge is 0.205 e. The summed E-state index contributed by atoms with van der Waals surface area (Å²) < 4.78 is 4.41. The summed E-state index contributed by atoms with van der Waals surface area (Å²) in [4.78, 5) is 15.7. The van der Waals surface area contributed by atoms with Crippen LogP contribution in [0.1, 0.15) is 38.4 Å². The molecule has 2 aromatic rings. The van der Waals surface area contributed by atoms with Crippen LogP contribution >= 0.6 is 46.8 Å². The van der Waals surface area contributed by atoms with Crippen molar-refractivity contribution in [2.45, 2.75) is 39.5 Å². The lowest BCUT2D eigenvalue weighted by molar-refractivity contribution is 0.370. The number of rotatable bonds is 6. The quantitative estimate of drug-likeness (QED) is 0.347. The van der Waals surface area contributed by atoms with Crippen molar-refractivity contribution in [3.05, 3.63) is 28.2 Å². The van der Waals surface area contributed by atoms with Crippen LogP contribution in [0.5, 0.6) is 0 Å².